The van der Waals surface area contributed by atoms with E-state index in [1.54, 1.807) is 43.6 Å². The van der Waals surface area contributed by atoms with Gasteiger partial charge < -0.3 is 11.1 Å². The fraction of sp³-hybridized carbons (Fsp3) is 0.0769. The van der Waals surface area contributed by atoms with Crippen molar-refractivity contribution in [2.24, 2.45) is 0 Å². The molecule has 0 bridgehead atoms. The number of nitrogens with zero attached hydrogens (tertiary/aromatic N) is 1. The standard InChI is InChI=1S/C13H12ClN3OS/c1-16-12(18)9-5-4-8(15)7-11(9)19-13-10(14)3-2-6-17-13/h2-7H,15H2,1H3,(H,16,18). The molecule has 0 unspecified atom stereocenters. The SMILES string of the molecule is CNC(=O)c1ccc(N)cc1Sc1ncccc1Cl. The zero-order valence-electron chi connectivity index (χ0n) is 10.2. The number of nitrogens with one attached hydrogen (secondary N) is 1. The van der Waals surface area contributed by atoms with Gasteiger partial charge in [-0.1, -0.05) is 23.4 Å². The first kappa shape index (κ1) is 13.7. The summed E-state index contributed by atoms with van der Waals surface area (Å²) in [6, 6.07) is 8.62. The van der Waals surface area contributed by atoms with Crippen LogP contribution in [0, 0.1) is 0 Å². The van der Waals surface area contributed by atoms with E-state index in [4.69, 9.17) is 17.3 Å². The molecule has 0 atom stereocenters. The first-order chi connectivity index (χ1) is 9.11. The summed E-state index contributed by atoms with van der Waals surface area (Å²) in [7, 11) is 1.58. The van der Waals surface area contributed by atoms with Gasteiger partial charge in [0, 0.05) is 23.8 Å². The molecule has 2 rings (SSSR count). The van der Waals surface area contributed by atoms with Gasteiger partial charge in [-0.25, -0.2) is 4.98 Å². The number of aromatic nitrogens is 1. The van der Waals surface area contributed by atoms with Gasteiger partial charge >= 0.3 is 0 Å². The number of pyridine rings is 1. The van der Waals surface area contributed by atoms with Gasteiger partial charge in [0.05, 0.1) is 10.6 Å². The first-order valence-corrected chi connectivity index (χ1v) is 6.71. The van der Waals surface area contributed by atoms with Crippen LogP contribution in [-0.4, -0.2) is 17.9 Å². The van der Waals surface area contributed by atoms with Gasteiger partial charge in [-0.15, -0.1) is 0 Å². The van der Waals surface area contributed by atoms with Crippen molar-refractivity contribution in [2.75, 3.05) is 12.8 Å². The van der Waals surface area contributed by atoms with E-state index in [1.165, 1.54) is 11.8 Å². The van der Waals surface area contributed by atoms with Gasteiger partial charge in [-0.3, -0.25) is 4.79 Å². The van der Waals surface area contributed by atoms with E-state index in [0.717, 1.165) is 4.90 Å². The molecule has 4 nitrogen and oxygen atoms in total. The van der Waals surface area contributed by atoms with Gasteiger partial charge in [-0.2, -0.15) is 0 Å². The first-order valence-electron chi connectivity index (χ1n) is 5.52. The second-order valence-electron chi connectivity index (χ2n) is 3.73. The molecule has 19 heavy (non-hydrogen) atoms. The highest BCUT2D eigenvalue weighted by Crippen LogP contribution is 2.34. The molecule has 1 aromatic carbocycles. The minimum atomic E-state index is -0.172. The number of halogens is 1. The molecule has 0 spiro atoms. The van der Waals surface area contributed by atoms with Crippen molar-refractivity contribution in [3.63, 3.8) is 0 Å². The van der Waals surface area contributed by atoms with E-state index in [9.17, 15) is 4.79 Å². The van der Waals surface area contributed by atoms with Crippen LogP contribution in [0.15, 0.2) is 46.5 Å². The second kappa shape index (κ2) is 5.95. The summed E-state index contributed by atoms with van der Waals surface area (Å²) < 4.78 is 0. The second-order valence-corrected chi connectivity index (χ2v) is 5.17. The van der Waals surface area contributed by atoms with Crippen LogP contribution in [0.25, 0.3) is 0 Å². The Hall–Kier alpha value is -1.72. The molecular formula is C13H12ClN3OS. The summed E-state index contributed by atoms with van der Waals surface area (Å²) in [4.78, 5) is 16.7. The van der Waals surface area contributed by atoms with Crippen molar-refractivity contribution in [3.05, 3.63) is 47.1 Å². The molecule has 2 aromatic rings. The van der Waals surface area contributed by atoms with Crippen molar-refractivity contribution < 1.29 is 4.79 Å². The predicted octanol–water partition coefficient (Wildman–Crippen LogP) is 2.83. The highest BCUT2D eigenvalue weighted by atomic mass is 35.5. The third-order valence-corrected chi connectivity index (χ3v) is 3.90. The van der Waals surface area contributed by atoms with E-state index >= 15 is 0 Å². The lowest BCUT2D eigenvalue weighted by atomic mass is 10.2. The molecule has 1 amide bonds. The molecule has 1 aromatic heterocycles. The quantitative estimate of drug-likeness (QED) is 0.854. The smallest absolute Gasteiger partial charge is 0.252 e. The Bertz CT molecular complexity index is 619. The third kappa shape index (κ3) is 3.19. The Morgan fingerprint density at radius 1 is 1.42 bits per heavy atom. The summed E-state index contributed by atoms with van der Waals surface area (Å²) >= 11 is 7.38. The number of carbonyl (C=O) groups excluding carboxylic acids is 1. The van der Waals surface area contributed by atoms with Gasteiger partial charge in [0.1, 0.15) is 5.03 Å². The Morgan fingerprint density at radius 3 is 2.89 bits per heavy atom. The molecule has 0 saturated carbocycles. The summed E-state index contributed by atoms with van der Waals surface area (Å²) in [6.45, 7) is 0. The predicted molar refractivity (Wildman–Crippen MR) is 77.6 cm³/mol. The lowest BCUT2D eigenvalue weighted by Gasteiger charge is -2.09. The Labute approximate surface area is 120 Å². The number of amides is 1. The molecule has 1 heterocycles. The zero-order valence-corrected chi connectivity index (χ0v) is 11.8. The van der Waals surface area contributed by atoms with E-state index in [2.05, 4.69) is 10.3 Å². The van der Waals surface area contributed by atoms with Gasteiger partial charge in [0.2, 0.25) is 0 Å². The van der Waals surface area contributed by atoms with Crippen molar-refractivity contribution in [1.82, 2.24) is 10.3 Å². The number of carbonyl (C=O) groups is 1. The monoisotopic (exact) mass is 293 g/mol. The van der Waals surface area contributed by atoms with Crippen LogP contribution in [0.5, 0.6) is 0 Å². The maximum atomic E-state index is 11.8. The van der Waals surface area contributed by atoms with Crippen LogP contribution < -0.4 is 11.1 Å². The van der Waals surface area contributed by atoms with Crippen LogP contribution >= 0.6 is 23.4 Å². The largest absolute Gasteiger partial charge is 0.399 e. The summed E-state index contributed by atoms with van der Waals surface area (Å²) in [5.41, 5.74) is 6.89. The number of hydrogen-bond acceptors (Lipinski definition) is 4. The summed E-state index contributed by atoms with van der Waals surface area (Å²) in [5, 5.41) is 3.77. The van der Waals surface area contributed by atoms with Crippen molar-refractivity contribution in [3.8, 4) is 0 Å². The number of nitrogens with two attached hydrogens (primary N) is 1. The lowest BCUT2D eigenvalue weighted by Crippen LogP contribution is -2.18. The van der Waals surface area contributed by atoms with Crippen LogP contribution in [-0.2, 0) is 0 Å². The number of rotatable bonds is 3. The molecule has 6 heteroatoms. The van der Waals surface area contributed by atoms with Crippen molar-refractivity contribution in [1.29, 1.82) is 0 Å². The highest BCUT2D eigenvalue weighted by Gasteiger charge is 2.13. The summed E-state index contributed by atoms with van der Waals surface area (Å²) in [6.07, 6.45) is 1.65. The number of hydrogen-bond donors (Lipinski definition) is 2. The molecule has 3 N–H and O–H groups in total. The third-order valence-electron chi connectivity index (χ3n) is 2.41. The number of anilines is 1. The topological polar surface area (TPSA) is 68.0 Å². The molecule has 0 aliphatic heterocycles. The minimum absolute atomic E-state index is 0.172. The van der Waals surface area contributed by atoms with Crippen LogP contribution in [0.2, 0.25) is 5.02 Å². The van der Waals surface area contributed by atoms with E-state index in [1.807, 2.05) is 0 Å². The van der Waals surface area contributed by atoms with Crippen LogP contribution in [0.1, 0.15) is 10.4 Å². The zero-order chi connectivity index (χ0) is 13.8. The van der Waals surface area contributed by atoms with Crippen molar-refractivity contribution >= 4 is 35.0 Å². The maximum Gasteiger partial charge on any atom is 0.252 e. The average Bonchev–Trinajstić information content (AvgIpc) is 2.41. The van der Waals surface area contributed by atoms with Gasteiger partial charge in [-0.05, 0) is 30.3 Å². The summed E-state index contributed by atoms with van der Waals surface area (Å²) in [5.74, 6) is -0.172. The average molecular weight is 294 g/mol. The fourth-order valence-electron chi connectivity index (χ4n) is 1.50. The lowest BCUT2D eigenvalue weighted by molar-refractivity contribution is 0.0960. The van der Waals surface area contributed by atoms with E-state index < -0.39 is 0 Å². The molecule has 0 radical (unpaired) electrons. The van der Waals surface area contributed by atoms with Crippen molar-refractivity contribution in [2.45, 2.75) is 9.92 Å². The van der Waals surface area contributed by atoms with Gasteiger partial charge in [0.15, 0.2) is 0 Å². The molecule has 0 saturated heterocycles. The fourth-order valence-corrected chi connectivity index (χ4v) is 2.69. The Morgan fingerprint density at radius 2 is 2.21 bits per heavy atom. The molecular weight excluding hydrogens is 282 g/mol. The molecule has 0 aliphatic carbocycles. The van der Waals surface area contributed by atoms with E-state index in [-0.39, 0.29) is 5.91 Å². The number of nitrogen functional groups attached to an aromatic ring is 1. The molecule has 0 aliphatic rings. The van der Waals surface area contributed by atoms with Crippen LogP contribution in [0.4, 0.5) is 5.69 Å². The molecule has 98 valence electrons. The minimum Gasteiger partial charge on any atom is -0.399 e. The van der Waals surface area contributed by atoms with Gasteiger partial charge in [0.25, 0.3) is 5.91 Å². The highest BCUT2D eigenvalue weighted by molar-refractivity contribution is 7.99. The normalized spacial score (nSPS) is 10.2. The maximum absolute atomic E-state index is 11.8. The van der Waals surface area contributed by atoms with E-state index in [0.29, 0.717) is 21.3 Å². The Kier molecular flexibility index (Phi) is 4.29. The molecule has 0 fully saturated rings. The Balaban J connectivity index is 2.41. The van der Waals surface area contributed by atoms with Crippen LogP contribution in [0.3, 0.4) is 0 Å². The number of benzene rings is 1.